The summed E-state index contributed by atoms with van der Waals surface area (Å²) in [6.07, 6.45) is 2.24. The first-order valence-electron chi connectivity index (χ1n) is 11.3. The van der Waals surface area contributed by atoms with Crippen molar-refractivity contribution in [3.05, 3.63) is 95.4 Å². The number of esters is 1. The Hall–Kier alpha value is -3.84. The predicted molar refractivity (Wildman–Crippen MR) is 128 cm³/mol. The molecule has 0 aliphatic carbocycles. The van der Waals surface area contributed by atoms with Crippen LogP contribution in [0.1, 0.15) is 47.0 Å². The monoisotopic (exact) mass is 457 g/mol. The van der Waals surface area contributed by atoms with Gasteiger partial charge in [0.1, 0.15) is 0 Å². The Kier molecular flexibility index (Phi) is 6.18. The van der Waals surface area contributed by atoms with Crippen molar-refractivity contribution in [3.63, 3.8) is 0 Å². The smallest absolute Gasteiger partial charge is 0.338 e. The molecule has 34 heavy (non-hydrogen) atoms. The van der Waals surface area contributed by atoms with Gasteiger partial charge in [0.05, 0.1) is 35.0 Å². The fraction of sp³-hybridized carbons (Fsp3) is 0.222. The molecule has 4 aromatic rings. The molecular weight excluding hydrogens is 433 g/mol. The van der Waals surface area contributed by atoms with E-state index in [0.29, 0.717) is 23.5 Å². The highest BCUT2D eigenvalue weighted by atomic mass is 19.1. The van der Waals surface area contributed by atoms with Gasteiger partial charge in [-0.3, -0.25) is 0 Å². The van der Waals surface area contributed by atoms with Gasteiger partial charge in [-0.15, -0.1) is 5.10 Å². The largest absolute Gasteiger partial charge is 0.465 e. The Labute approximate surface area is 196 Å². The van der Waals surface area contributed by atoms with E-state index in [-0.39, 0.29) is 10.9 Å². The molecule has 0 amide bonds. The van der Waals surface area contributed by atoms with E-state index in [1.54, 1.807) is 12.1 Å². The van der Waals surface area contributed by atoms with Crippen LogP contribution in [0, 0.1) is 5.95 Å². The van der Waals surface area contributed by atoms with Gasteiger partial charge in [0.2, 0.25) is 5.95 Å². The van der Waals surface area contributed by atoms with Gasteiger partial charge >= 0.3 is 5.97 Å². The summed E-state index contributed by atoms with van der Waals surface area (Å²) in [6, 6.07) is 22.5. The minimum atomic E-state index is -0.653. The first-order valence-corrected chi connectivity index (χ1v) is 11.3. The van der Waals surface area contributed by atoms with Crippen molar-refractivity contribution < 1.29 is 18.7 Å². The Morgan fingerprint density at radius 3 is 2.29 bits per heavy atom. The molecule has 0 saturated carbocycles. The molecule has 2 heterocycles. The molecule has 1 aliphatic rings. The predicted octanol–water partition coefficient (Wildman–Crippen LogP) is 5.83. The van der Waals surface area contributed by atoms with Crippen molar-refractivity contribution in [2.75, 3.05) is 13.7 Å². The molecule has 0 radical (unpaired) electrons. The molecule has 5 rings (SSSR count). The van der Waals surface area contributed by atoms with E-state index in [2.05, 4.69) is 5.10 Å². The summed E-state index contributed by atoms with van der Waals surface area (Å²) < 4.78 is 27.7. The SMILES string of the molecule is COC(=O)c1cc(N=C(c2ccccc2)c2ccccc2)c2c(F)nn(C3CCCCO3)c2c1. The molecule has 1 atom stereocenters. The number of hydrogen-bond acceptors (Lipinski definition) is 5. The van der Waals surface area contributed by atoms with Crippen molar-refractivity contribution in [2.45, 2.75) is 25.5 Å². The van der Waals surface area contributed by atoms with Crippen LogP contribution in [-0.2, 0) is 9.47 Å². The zero-order chi connectivity index (χ0) is 23.5. The van der Waals surface area contributed by atoms with Gasteiger partial charge in [-0.25, -0.2) is 14.5 Å². The van der Waals surface area contributed by atoms with Gasteiger partial charge in [-0.05, 0) is 31.4 Å². The summed E-state index contributed by atoms with van der Waals surface area (Å²) in [7, 11) is 1.32. The van der Waals surface area contributed by atoms with Gasteiger partial charge in [0.25, 0.3) is 0 Å². The van der Waals surface area contributed by atoms with E-state index in [1.807, 2.05) is 60.7 Å². The summed E-state index contributed by atoms with van der Waals surface area (Å²) >= 11 is 0. The van der Waals surface area contributed by atoms with Crippen LogP contribution < -0.4 is 0 Å². The molecule has 7 heteroatoms. The van der Waals surface area contributed by atoms with E-state index in [1.165, 1.54) is 11.8 Å². The number of halogens is 1. The van der Waals surface area contributed by atoms with Crippen LogP contribution in [0.2, 0.25) is 0 Å². The average molecular weight is 458 g/mol. The number of aliphatic imine (C=N–C) groups is 1. The lowest BCUT2D eigenvalue weighted by atomic mass is 10.0. The number of carbonyl (C=O) groups excluding carboxylic acids is 1. The number of aromatic nitrogens is 2. The third kappa shape index (κ3) is 4.22. The lowest BCUT2D eigenvalue weighted by molar-refractivity contribution is -0.0375. The maximum absolute atomic E-state index is 15.3. The molecule has 1 unspecified atom stereocenters. The van der Waals surface area contributed by atoms with Crippen molar-refractivity contribution in [1.29, 1.82) is 0 Å². The van der Waals surface area contributed by atoms with Gasteiger partial charge in [0, 0.05) is 17.7 Å². The molecule has 0 N–H and O–H groups in total. The summed E-state index contributed by atoms with van der Waals surface area (Å²) in [6.45, 7) is 0.585. The van der Waals surface area contributed by atoms with Gasteiger partial charge in [-0.2, -0.15) is 4.39 Å². The lowest BCUT2D eigenvalue weighted by Gasteiger charge is -2.23. The zero-order valence-electron chi connectivity index (χ0n) is 18.8. The molecule has 1 aromatic heterocycles. The Bertz CT molecular complexity index is 1300. The standard InChI is InChI=1S/C27H24FN3O3/c1-33-27(32)20-16-21(24-22(17-20)31(30-26(24)28)23-14-8-9-15-34-23)29-25(18-10-4-2-5-11-18)19-12-6-3-7-13-19/h2-7,10-13,16-17,23H,8-9,14-15H2,1H3. The number of benzene rings is 3. The Morgan fingerprint density at radius 1 is 1.03 bits per heavy atom. The number of methoxy groups -OCH3 is 1. The van der Waals surface area contributed by atoms with Gasteiger partial charge in [-0.1, -0.05) is 60.7 Å². The first-order chi connectivity index (χ1) is 16.7. The molecule has 3 aromatic carbocycles. The molecule has 1 fully saturated rings. The maximum Gasteiger partial charge on any atom is 0.338 e. The van der Waals surface area contributed by atoms with Crippen molar-refractivity contribution in [1.82, 2.24) is 9.78 Å². The summed E-state index contributed by atoms with van der Waals surface area (Å²) in [5.41, 5.74) is 3.42. The van der Waals surface area contributed by atoms with E-state index in [4.69, 9.17) is 14.5 Å². The number of nitrogens with zero attached hydrogens (tertiary/aromatic N) is 3. The van der Waals surface area contributed by atoms with E-state index >= 15 is 4.39 Å². The van der Waals surface area contributed by atoms with Crippen LogP contribution >= 0.6 is 0 Å². The fourth-order valence-corrected chi connectivity index (χ4v) is 4.27. The van der Waals surface area contributed by atoms with Crippen molar-refractivity contribution in [2.24, 2.45) is 4.99 Å². The first kappa shape index (κ1) is 22.0. The van der Waals surface area contributed by atoms with E-state index in [0.717, 1.165) is 30.4 Å². The van der Waals surface area contributed by atoms with Crippen LogP contribution in [0.5, 0.6) is 0 Å². The highest BCUT2D eigenvalue weighted by Gasteiger charge is 2.25. The lowest BCUT2D eigenvalue weighted by Crippen LogP contribution is -2.19. The Balaban J connectivity index is 1.76. The van der Waals surface area contributed by atoms with Crippen LogP contribution in [0.25, 0.3) is 10.9 Å². The minimum absolute atomic E-state index is 0.242. The number of fused-ring (bicyclic) bond motifs is 1. The molecule has 0 spiro atoms. The molecular formula is C27H24FN3O3. The highest BCUT2D eigenvalue weighted by molar-refractivity contribution is 6.15. The van der Waals surface area contributed by atoms with Crippen molar-refractivity contribution >= 4 is 28.3 Å². The summed E-state index contributed by atoms with van der Waals surface area (Å²) in [5.74, 6) is -1.18. The molecule has 6 nitrogen and oxygen atoms in total. The van der Waals surface area contributed by atoms with Crippen LogP contribution in [0.3, 0.4) is 0 Å². The van der Waals surface area contributed by atoms with Gasteiger partial charge in [0.15, 0.2) is 6.23 Å². The molecule has 1 aliphatic heterocycles. The fourth-order valence-electron chi connectivity index (χ4n) is 4.27. The summed E-state index contributed by atoms with van der Waals surface area (Å²) in [5, 5.41) is 4.40. The normalized spacial score (nSPS) is 15.8. The topological polar surface area (TPSA) is 65.7 Å². The second-order valence-corrected chi connectivity index (χ2v) is 8.13. The molecule has 172 valence electrons. The van der Waals surface area contributed by atoms with Gasteiger partial charge < -0.3 is 9.47 Å². The van der Waals surface area contributed by atoms with E-state index in [9.17, 15) is 4.79 Å². The van der Waals surface area contributed by atoms with Crippen molar-refractivity contribution in [3.8, 4) is 0 Å². The maximum atomic E-state index is 15.3. The van der Waals surface area contributed by atoms with E-state index < -0.39 is 18.1 Å². The number of carbonyl (C=O) groups is 1. The average Bonchev–Trinajstić information content (AvgIpc) is 3.24. The van der Waals surface area contributed by atoms with Crippen LogP contribution in [-0.4, -0.2) is 35.2 Å². The second kappa shape index (κ2) is 9.57. The third-order valence-corrected chi connectivity index (χ3v) is 5.92. The Morgan fingerprint density at radius 2 is 1.71 bits per heavy atom. The number of hydrogen-bond donors (Lipinski definition) is 0. The zero-order valence-corrected chi connectivity index (χ0v) is 18.8. The molecule has 0 bridgehead atoms. The van der Waals surface area contributed by atoms with Crippen LogP contribution in [0.4, 0.5) is 10.1 Å². The minimum Gasteiger partial charge on any atom is -0.465 e. The number of rotatable bonds is 5. The quantitative estimate of drug-likeness (QED) is 0.279. The second-order valence-electron chi connectivity index (χ2n) is 8.13. The molecule has 1 saturated heterocycles. The highest BCUT2D eigenvalue weighted by Crippen LogP contribution is 2.35. The van der Waals surface area contributed by atoms with Crippen LogP contribution in [0.15, 0.2) is 77.8 Å². The summed E-state index contributed by atoms with van der Waals surface area (Å²) in [4.78, 5) is 17.4. The number of ether oxygens (including phenoxy) is 2. The third-order valence-electron chi connectivity index (χ3n) is 5.92.